The number of nitrogens with zero attached hydrogens (tertiary/aromatic N) is 1. The summed E-state index contributed by atoms with van der Waals surface area (Å²) in [6, 6.07) is 3.64. The van der Waals surface area contributed by atoms with Crippen LogP contribution in [0.3, 0.4) is 0 Å². The predicted octanol–water partition coefficient (Wildman–Crippen LogP) is 2.56. The summed E-state index contributed by atoms with van der Waals surface area (Å²) in [5, 5.41) is 0. The van der Waals surface area contributed by atoms with E-state index in [-0.39, 0.29) is 11.2 Å². The summed E-state index contributed by atoms with van der Waals surface area (Å²) in [5.74, 6) is 0.186. The molecule has 1 heterocycles. The van der Waals surface area contributed by atoms with Gasteiger partial charge in [-0.25, -0.2) is 0 Å². The van der Waals surface area contributed by atoms with Gasteiger partial charge in [0.05, 0.1) is 0 Å². The minimum atomic E-state index is 0.0468. The van der Waals surface area contributed by atoms with E-state index in [0.29, 0.717) is 18.5 Å². The zero-order chi connectivity index (χ0) is 12.1. The van der Waals surface area contributed by atoms with Gasteiger partial charge in [-0.2, -0.15) is 0 Å². The van der Waals surface area contributed by atoms with Crippen LogP contribution in [0.15, 0.2) is 24.5 Å². The maximum absolute atomic E-state index is 12.2. The monoisotopic (exact) mass is 232 g/mol. The lowest BCUT2D eigenvalue weighted by Crippen LogP contribution is -2.35. The van der Waals surface area contributed by atoms with Gasteiger partial charge in [0.25, 0.3) is 0 Å². The van der Waals surface area contributed by atoms with Crippen LogP contribution in [0.2, 0.25) is 0 Å². The first-order chi connectivity index (χ1) is 8.26. The van der Waals surface area contributed by atoms with Gasteiger partial charge in [-0.15, -0.1) is 0 Å². The largest absolute Gasteiger partial charge is 0.330 e. The van der Waals surface area contributed by atoms with E-state index in [9.17, 15) is 4.79 Å². The molecule has 2 rings (SSSR count). The molecule has 3 heteroatoms. The molecule has 0 saturated heterocycles. The van der Waals surface area contributed by atoms with Crippen LogP contribution in [-0.4, -0.2) is 17.3 Å². The molecule has 1 aliphatic carbocycles. The van der Waals surface area contributed by atoms with Crippen LogP contribution in [0.1, 0.15) is 48.9 Å². The van der Waals surface area contributed by atoms with Crippen molar-refractivity contribution in [1.82, 2.24) is 4.98 Å². The Morgan fingerprint density at radius 1 is 1.35 bits per heavy atom. The minimum absolute atomic E-state index is 0.0468. The van der Waals surface area contributed by atoms with Crippen molar-refractivity contribution in [1.29, 1.82) is 0 Å². The van der Waals surface area contributed by atoms with Crippen LogP contribution in [0, 0.1) is 5.41 Å². The van der Waals surface area contributed by atoms with Crippen molar-refractivity contribution < 1.29 is 4.79 Å². The highest BCUT2D eigenvalue weighted by molar-refractivity contribution is 5.96. The second-order valence-corrected chi connectivity index (χ2v) is 5.11. The van der Waals surface area contributed by atoms with E-state index >= 15 is 0 Å². The summed E-state index contributed by atoms with van der Waals surface area (Å²) >= 11 is 0. The van der Waals surface area contributed by atoms with E-state index in [2.05, 4.69) is 4.98 Å². The smallest absolute Gasteiger partial charge is 0.165 e. The molecular weight excluding hydrogens is 212 g/mol. The first-order valence-corrected chi connectivity index (χ1v) is 6.39. The second-order valence-electron chi connectivity index (χ2n) is 5.11. The molecule has 0 bridgehead atoms. The first-order valence-electron chi connectivity index (χ1n) is 6.39. The molecule has 17 heavy (non-hydrogen) atoms. The highest BCUT2D eigenvalue weighted by Gasteiger charge is 2.33. The number of hydrogen-bond donors (Lipinski definition) is 1. The summed E-state index contributed by atoms with van der Waals surface area (Å²) in [4.78, 5) is 16.2. The summed E-state index contributed by atoms with van der Waals surface area (Å²) in [6.07, 6.45) is 9.80. The lowest BCUT2D eigenvalue weighted by molar-refractivity contribution is 0.0867. The Bertz CT molecular complexity index is 369. The number of aromatic nitrogens is 1. The van der Waals surface area contributed by atoms with Crippen molar-refractivity contribution in [2.24, 2.45) is 11.1 Å². The predicted molar refractivity (Wildman–Crippen MR) is 67.8 cm³/mol. The Balaban J connectivity index is 2.06. The lowest BCUT2D eigenvalue weighted by atomic mass is 9.70. The lowest BCUT2D eigenvalue weighted by Gasteiger charge is -2.35. The Morgan fingerprint density at radius 2 is 2.12 bits per heavy atom. The van der Waals surface area contributed by atoms with E-state index in [4.69, 9.17) is 5.73 Å². The normalized spacial score (nSPS) is 18.9. The van der Waals surface area contributed by atoms with Gasteiger partial charge in [-0.3, -0.25) is 9.78 Å². The van der Waals surface area contributed by atoms with Gasteiger partial charge in [0.15, 0.2) is 5.78 Å². The summed E-state index contributed by atoms with van der Waals surface area (Å²) in [5.41, 5.74) is 6.66. The quantitative estimate of drug-likeness (QED) is 0.812. The van der Waals surface area contributed by atoms with E-state index < -0.39 is 0 Å². The third-order valence-corrected chi connectivity index (χ3v) is 3.87. The number of pyridine rings is 1. The molecule has 0 atom stereocenters. The van der Waals surface area contributed by atoms with E-state index in [1.54, 1.807) is 12.4 Å². The van der Waals surface area contributed by atoms with Gasteiger partial charge < -0.3 is 5.73 Å². The standard InChI is InChI=1S/C14H20N2O/c15-11-14(6-2-1-3-7-14)9-13(17)12-5-4-8-16-10-12/h4-5,8,10H,1-3,6-7,9,11,15H2. The molecule has 0 unspecified atom stereocenters. The van der Waals surface area contributed by atoms with Crippen molar-refractivity contribution in [3.63, 3.8) is 0 Å². The van der Waals surface area contributed by atoms with Crippen molar-refractivity contribution in [3.05, 3.63) is 30.1 Å². The zero-order valence-corrected chi connectivity index (χ0v) is 10.2. The van der Waals surface area contributed by atoms with Crippen molar-refractivity contribution in [2.45, 2.75) is 38.5 Å². The Morgan fingerprint density at radius 3 is 2.71 bits per heavy atom. The van der Waals surface area contributed by atoms with Gasteiger partial charge in [0.2, 0.25) is 0 Å². The fourth-order valence-electron chi connectivity index (χ4n) is 2.73. The molecule has 1 aromatic rings. The highest BCUT2D eigenvalue weighted by atomic mass is 16.1. The zero-order valence-electron chi connectivity index (χ0n) is 10.2. The molecule has 92 valence electrons. The fraction of sp³-hybridized carbons (Fsp3) is 0.571. The third kappa shape index (κ3) is 2.91. The molecule has 0 spiro atoms. The van der Waals surface area contributed by atoms with Crippen LogP contribution < -0.4 is 5.73 Å². The molecule has 3 nitrogen and oxygen atoms in total. The van der Waals surface area contributed by atoms with Crippen LogP contribution >= 0.6 is 0 Å². The number of hydrogen-bond acceptors (Lipinski definition) is 3. The van der Waals surface area contributed by atoms with Crippen molar-refractivity contribution in [3.8, 4) is 0 Å². The number of ketones is 1. The third-order valence-electron chi connectivity index (χ3n) is 3.87. The highest BCUT2D eigenvalue weighted by Crippen LogP contribution is 2.39. The van der Waals surface area contributed by atoms with Gasteiger partial charge >= 0.3 is 0 Å². The molecule has 1 fully saturated rings. The van der Waals surface area contributed by atoms with Crippen molar-refractivity contribution >= 4 is 5.78 Å². The van der Waals surface area contributed by atoms with Gasteiger partial charge in [-0.05, 0) is 36.9 Å². The van der Waals surface area contributed by atoms with Crippen LogP contribution in [0.5, 0.6) is 0 Å². The Hall–Kier alpha value is -1.22. The Kier molecular flexibility index (Phi) is 3.89. The van der Waals surface area contributed by atoms with Gasteiger partial charge in [0.1, 0.15) is 0 Å². The fourth-order valence-corrected chi connectivity index (χ4v) is 2.73. The van der Waals surface area contributed by atoms with Crippen LogP contribution in [-0.2, 0) is 0 Å². The number of rotatable bonds is 4. The van der Waals surface area contributed by atoms with Crippen LogP contribution in [0.25, 0.3) is 0 Å². The topological polar surface area (TPSA) is 56.0 Å². The maximum atomic E-state index is 12.2. The van der Waals surface area contributed by atoms with Crippen molar-refractivity contribution in [2.75, 3.05) is 6.54 Å². The van der Waals surface area contributed by atoms with E-state index in [1.165, 1.54) is 19.3 Å². The molecule has 2 N–H and O–H groups in total. The van der Waals surface area contributed by atoms with E-state index in [1.807, 2.05) is 12.1 Å². The second kappa shape index (κ2) is 5.41. The number of Topliss-reactive ketones (excluding diaryl/α,β-unsaturated/α-hetero) is 1. The minimum Gasteiger partial charge on any atom is -0.330 e. The molecule has 0 aliphatic heterocycles. The van der Waals surface area contributed by atoms with Gasteiger partial charge in [-0.1, -0.05) is 19.3 Å². The van der Waals surface area contributed by atoms with Gasteiger partial charge in [0, 0.05) is 24.4 Å². The summed E-state index contributed by atoms with van der Waals surface area (Å²) < 4.78 is 0. The summed E-state index contributed by atoms with van der Waals surface area (Å²) in [7, 11) is 0. The summed E-state index contributed by atoms with van der Waals surface area (Å²) in [6.45, 7) is 0.624. The molecule has 1 saturated carbocycles. The number of carbonyl (C=O) groups excluding carboxylic acids is 1. The molecule has 1 aromatic heterocycles. The maximum Gasteiger partial charge on any atom is 0.165 e. The van der Waals surface area contributed by atoms with Crippen LogP contribution in [0.4, 0.5) is 0 Å². The average molecular weight is 232 g/mol. The average Bonchev–Trinajstić information content (AvgIpc) is 2.41. The molecule has 1 aliphatic rings. The Labute approximate surface area is 102 Å². The number of nitrogens with two attached hydrogens (primary N) is 1. The molecule has 0 aromatic carbocycles. The molecule has 0 radical (unpaired) electrons. The number of carbonyl (C=O) groups is 1. The first kappa shape index (κ1) is 12.2. The molecular formula is C14H20N2O. The van der Waals surface area contributed by atoms with E-state index in [0.717, 1.165) is 12.8 Å². The molecule has 0 amide bonds. The SMILES string of the molecule is NCC1(CC(=O)c2cccnc2)CCCCC1.